The van der Waals surface area contributed by atoms with Crippen molar-refractivity contribution < 1.29 is 19.2 Å². The second-order valence-corrected chi connectivity index (χ2v) is 3.93. The predicted molar refractivity (Wildman–Crippen MR) is 57.5 cm³/mol. The summed E-state index contributed by atoms with van der Waals surface area (Å²) in [6.45, 7) is 0. The van der Waals surface area contributed by atoms with E-state index in [9.17, 15) is 14.9 Å². The molecule has 0 spiro atoms. The number of nitro groups is 1. The first-order valence-electron chi connectivity index (χ1n) is 4.10. The normalized spacial score (nSPS) is 10.6. The molecular formula is C9H4BrNO5. The number of nitrogens with zero attached hydrogens (tertiary/aromatic N) is 1. The van der Waals surface area contributed by atoms with Gasteiger partial charge in [0.2, 0.25) is 11.3 Å². The highest BCUT2D eigenvalue weighted by Crippen LogP contribution is 2.32. The molecule has 82 valence electrons. The molecule has 0 aliphatic heterocycles. The standard InChI is InChI=1S/C9H4BrNO5/c10-5-1-4-2-7(9(12)13)16-8(4)6(3-5)11(14)15/h1-3H,(H,12,13). The lowest BCUT2D eigenvalue weighted by atomic mass is 10.2. The van der Waals surface area contributed by atoms with Gasteiger partial charge in [-0.2, -0.15) is 0 Å². The van der Waals surface area contributed by atoms with Crippen LogP contribution >= 0.6 is 15.9 Å². The van der Waals surface area contributed by atoms with Crippen molar-refractivity contribution >= 4 is 38.6 Å². The summed E-state index contributed by atoms with van der Waals surface area (Å²) in [7, 11) is 0. The number of hydrogen-bond acceptors (Lipinski definition) is 4. The van der Waals surface area contributed by atoms with Crippen LogP contribution < -0.4 is 0 Å². The highest BCUT2D eigenvalue weighted by atomic mass is 79.9. The van der Waals surface area contributed by atoms with Crippen molar-refractivity contribution in [1.29, 1.82) is 0 Å². The number of carboxylic acid groups (broad SMARTS) is 1. The van der Waals surface area contributed by atoms with Gasteiger partial charge in [0, 0.05) is 15.9 Å². The van der Waals surface area contributed by atoms with E-state index in [-0.39, 0.29) is 17.0 Å². The highest BCUT2D eigenvalue weighted by Gasteiger charge is 2.20. The maximum atomic E-state index is 10.7. The van der Waals surface area contributed by atoms with Gasteiger partial charge in [-0.05, 0) is 12.1 Å². The van der Waals surface area contributed by atoms with Gasteiger partial charge in [0.1, 0.15) is 0 Å². The van der Waals surface area contributed by atoms with Crippen LogP contribution in [0.1, 0.15) is 10.6 Å². The SMILES string of the molecule is O=C(O)c1cc2cc(Br)cc([N+](=O)[O-])c2o1. The Morgan fingerprint density at radius 2 is 2.12 bits per heavy atom. The fourth-order valence-electron chi connectivity index (χ4n) is 1.34. The minimum Gasteiger partial charge on any atom is -0.475 e. The third-order valence-electron chi connectivity index (χ3n) is 1.97. The average Bonchev–Trinajstić information content (AvgIpc) is 2.59. The molecule has 0 aliphatic carbocycles. The number of benzene rings is 1. The van der Waals surface area contributed by atoms with E-state index in [2.05, 4.69) is 15.9 Å². The van der Waals surface area contributed by atoms with E-state index < -0.39 is 10.9 Å². The number of halogens is 1. The number of fused-ring (bicyclic) bond motifs is 1. The molecule has 1 aromatic carbocycles. The predicted octanol–water partition coefficient (Wildman–Crippen LogP) is 2.80. The van der Waals surface area contributed by atoms with Gasteiger partial charge in [0.05, 0.1) is 4.92 Å². The maximum Gasteiger partial charge on any atom is 0.371 e. The van der Waals surface area contributed by atoms with Crippen LogP contribution in [0.5, 0.6) is 0 Å². The van der Waals surface area contributed by atoms with Crippen molar-refractivity contribution in [3.63, 3.8) is 0 Å². The van der Waals surface area contributed by atoms with Crippen LogP contribution in [0.25, 0.3) is 11.0 Å². The van der Waals surface area contributed by atoms with Gasteiger partial charge < -0.3 is 9.52 Å². The van der Waals surface area contributed by atoms with E-state index in [1.54, 1.807) is 6.07 Å². The lowest BCUT2D eigenvalue weighted by Crippen LogP contribution is -1.91. The lowest BCUT2D eigenvalue weighted by Gasteiger charge is -1.93. The van der Waals surface area contributed by atoms with Crippen molar-refractivity contribution in [2.24, 2.45) is 0 Å². The van der Waals surface area contributed by atoms with Crippen LogP contribution in [0.2, 0.25) is 0 Å². The van der Waals surface area contributed by atoms with Crippen LogP contribution in [-0.4, -0.2) is 16.0 Å². The van der Waals surface area contributed by atoms with Gasteiger partial charge in [0.15, 0.2) is 0 Å². The Morgan fingerprint density at radius 3 is 2.69 bits per heavy atom. The summed E-state index contributed by atoms with van der Waals surface area (Å²) in [6, 6.07) is 4.06. The molecule has 0 saturated heterocycles. The summed E-state index contributed by atoms with van der Waals surface area (Å²) < 4.78 is 5.41. The second kappa shape index (κ2) is 3.60. The lowest BCUT2D eigenvalue weighted by molar-refractivity contribution is -0.383. The Bertz CT molecular complexity index is 603. The largest absolute Gasteiger partial charge is 0.475 e. The summed E-state index contributed by atoms with van der Waals surface area (Å²) in [5, 5.41) is 19.8. The molecule has 16 heavy (non-hydrogen) atoms. The van der Waals surface area contributed by atoms with E-state index in [4.69, 9.17) is 9.52 Å². The van der Waals surface area contributed by atoms with Gasteiger partial charge >= 0.3 is 11.7 Å². The fourth-order valence-corrected chi connectivity index (χ4v) is 1.80. The zero-order valence-electron chi connectivity index (χ0n) is 7.64. The molecule has 1 aromatic heterocycles. The molecule has 1 N–H and O–H groups in total. The van der Waals surface area contributed by atoms with Gasteiger partial charge in [-0.15, -0.1) is 0 Å². The van der Waals surface area contributed by atoms with Crippen LogP contribution in [0, 0.1) is 10.1 Å². The van der Waals surface area contributed by atoms with Gasteiger partial charge in [0.25, 0.3) is 0 Å². The number of furan rings is 1. The molecule has 0 bridgehead atoms. The number of hydrogen-bond donors (Lipinski definition) is 1. The van der Waals surface area contributed by atoms with Gasteiger partial charge in [-0.1, -0.05) is 15.9 Å². The van der Waals surface area contributed by atoms with Crippen molar-refractivity contribution in [2.45, 2.75) is 0 Å². The van der Waals surface area contributed by atoms with E-state index in [1.165, 1.54) is 12.1 Å². The topological polar surface area (TPSA) is 93.6 Å². The van der Waals surface area contributed by atoms with Crippen molar-refractivity contribution in [1.82, 2.24) is 0 Å². The maximum absolute atomic E-state index is 10.7. The van der Waals surface area contributed by atoms with Crippen molar-refractivity contribution in [3.05, 3.63) is 38.5 Å². The molecule has 2 aromatic rings. The zero-order chi connectivity index (χ0) is 11.9. The third kappa shape index (κ3) is 1.65. The Kier molecular flexibility index (Phi) is 2.39. The minimum absolute atomic E-state index is 0.0365. The summed E-state index contributed by atoms with van der Waals surface area (Å²) in [5.74, 6) is -1.59. The Hall–Kier alpha value is -1.89. The Labute approximate surface area is 96.7 Å². The van der Waals surface area contributed by atoms with Crippen LogP contribution in [0.4, 0.5) is 5.69 Å². The second-order valence-electron chi connectivity index (χ2n) is 3.02. The highest BCUT2D eigenvalue weighted by molar-refractivity contribution is 9.10. The smallest absolute Gasteiger partial charge is 0.371 e. The Balaban J connectivity index is 2.80. The first kappa shape index (κ1) is 10.6. The van der Waals surface area contributed by atoms with Crippen LogP contribution in [-0.2, 0) is 0 Å². The summed E-state index contributed by atoms with van der Waals surface area (Å²) >= 11 is 3.10. The van der Waals surface area contributed by atoms with Crippen LogP contribution in [0.3, 0.4) is 0 Å². The molecule has 1 heterocycles. The molecule has 0 fully saturated rings. The van der Waals surface area contributed by atoms with Crippen molar-refractivity contribution in [2.75, 3.05) is 0 Å². The number of nitro benzene ring substituents is 1. The summed E-state index contributed by atoms with van der Waals surface area (Å²) in [4.78, 5) is 20.8. The first-order valence-corrected chi connectivity index (χ1v) is 4.89. The number of carboxylic acids is 1. The van der Waals surface area contributed by atoms with Crippen LogP contribution in [0.15, 0.2) is 27.1 Å². The quantitative estimate of drug-likeness (QED) is 0.676. The molecule has 0 aliphatic rings. The number of aromatic carboxylic acids is 1. The molecule has 0 saturated carbocycles. The van der Waals surface area contributed by atoms with E-state index >= 15 is 0 Å². The molecule has 0 unspecified atom stereocenters. The molecule has 2 rings (SSSR count). The Morgan fingerprint density at radius 1 is 1.44 bits per heavy atom. The van der Waals surface area contributed by atoms with Gasteiger partial charge in [-0.3, -0.25) is 10.1 Å². The number of carbonyl (C=O) groups is 1. The number of rotatable bonds is 2. The van der Waals surface area contributed by atoms with E-state index in [0.717, 1.165) is 0 Å². The molecule has 6 nitrogen and oxygen atoms in total. The first-order chi connectivity index (χ1) is 7.49. The van der Waals surface area contributed by atoms with E-state index in [0.29, 0.717) is 9.86 Å². The monoisotopic (exact) mass is 285 g/mol. The zero-order valence-corrected chi connectivity index (χ0v) is 9.22. The molecule has 0 atom stereocenters. The van der Waals surface area contributed by atoms with Gasteiger partial charge in [-0.25, -0.2) is 4.79 Å². The molecular weight excluding hydrogens is 282 g/mol. The fraction of sp³-hybridized carbons (Fsp3) is 0. The molecule has 7 heteroatoms. The van der Waals surface area contributed by atoms with Crippen molar-refractivity contribution in [3.8, 4) is 0 Å². The average molecular weight is 286 g/mol. The molecule has 0 radical (unpaired) electrons. The summed E-state index contributed by atoms with van der Waals surface area (Å²) in [5.41, 5.74) is -0.303. The number of non-ortho nitro benzene ring substituents is 1. The summed E-state index contributed by atoms with van der Waals surface area (Å²) in [6.07, 6.45) is 0. The minimum atomic E-state index is -1.26. The molecule has 0 amide bonds. The van der Waals surface area contributed by atoms with E-state index in [1.807, 2.05) is 0 Å². The third-order valence-corrected chi connectivity index (χ3v) is 2.43.